The molecule has 0 saturated heterocycles. The second-order valence-corrected chi connectivity index (χ2v) is 10.2. The number of benzene rings is 3. The van der Waals surface area contributed by atoms with E-state index in [9.17, 15) is 9.59 Å². The summed E-state index contributed by atoms with van der Waals surface area (Å²) in [5.41, 5.74) is 0.985. The highest BCUT2D eigenvalue weighted by Crippen LogP contribution is 2.33. The van der Waals surface area contributed by atoms with Gasteiger partial charge in [-0.2, -0.15) is 9.78 Å². The Morgan fingerprint density at radius 3 is 2.50 bits per heavy atom. The van der Waals surface area contributed by atoms with Gasteiger partial charge in [0.05, 0.1) is 33.4 Å². The van der Waals surface area contributed by atoms with Gasteiger partial charge in [0.25, 0.3) is 5.56 Å². The number of halogens is 3. The molecule has 2 aromatic heterocycles. The van der Waals surface area contributed by atoms with Gasteiger partial charge >= 0.3 is 5.97 Å². The number of carbonyl (C=O) groups is 1. The van der Waals surface area contributed by atoms with E-state index in [1.165, 1.54) is 12.5 Å². The normalized spacial score (nSPS) is 11.3. The first-order chi connectivity index (χ1) is 17.4. The van der Waals surface area contributed by atoms with Gasteiger partial charge in [0.1, 0.15) is 0 Å². The molecule has 3 aromatic carbocycles. The zero-order valence-electron chi connectivity index (χ0n) is 18.2. The van der Waals surface area contributed by atoms with Crippen molar-refractivity contribution in [2.24, 2.45) is 5.10 Å². The molecule has 0 amide bonds. The van der Waals surface area contributed by atoms with Crippen molar-refractivity contribution in [2.45, 2.75) is 0 Å². The number of para-hydroxylation sites is 1. The van der Waals surface area contributed by atoms with Crippen molar-refractivity contribution in [3.63, 3.8) is 0 Å². The molecule has 0 spiro atoms. The summed E-state index contributed by atoms with van der Waals surface area (Å²) < 4.78 is 14.5. The van der Waals surface area contributed by atoms with Gasteiger partial charge in [-0.25, -0.2) is 9.78 Å². The molecule has 5 aromatic rings. The maximum absolute atomic E-state index is 13.3. The predicted octanol–water partition coefficient (Wildman–Crippen LogP) is 7.05. The van der Waals surface area contributed by atoms with E-state index in [2.05, 4.69) is 57.9 Å². The van der Waals surface area contributed by atoms with E-state index in [1.54, 1.807) is 72.8 Å². The number of esters is 1. The number of ether oxygens (including phenoxy) is 1. The lowest BCUT2D eigenvalue weighted by Crippen LogP contribution is -2.20. The second-order valence-electron chi connectivity index (χ2n) is 7.49. The van der Waals surface area contributed by atoms with Crippen molar-refractivity contribution in [1.29, 1.82) is 0 Å². The van der Waals surface area contributed by atoms with Gasteiger partial charge in [0.2, 0.25) is 5.82 Å². The molecule has 5 rings (SSSR count). The third-order valence-corrected chi connectivity index (χ3v) is 6.69. The van der Waals surface area contributed by atoms with E-state index in [0.717, 1.165) is 13.6 Å². The molecule has 2 heterocycles. The summed E-state index contributed by atoms with van der Waals surface area (Å²) in [5.74, 6) is 0.326. The van der Waals surface area contributed by atoms with Crippen molar-refractivity contribution < 1.29 is 13.9 Å². The van der Waals surface area contributed by atoms with Crippen molar-refractivity contribution >= 4 is 70.9 Å². The van der Waals surface area contributed by atoms with E-state index in [1.807, 2.05) is 0 Å². The highest BCUT2D eigenvalue weighted by molar-refractivity contribution is 9.11. The molecule has 0 saturated carbocycles. The van der Waals surface area contributed by atoms with Crippen molar-refractivity contribution in [1.82, 2.24) is 9.66 Å². The Morgan fingerprint density at radius 2 is 1.75 bits per heavy atom. The van der Waals surface area contributed by atoms with Crippen LogP contribution in [0, 0.1) is 0 Å². The average molecular weight is 672 g/mol. The number of aromatic nitrogens is 2. The van der Waals surface area contributed by atoms with E-state index in [-0.39, 0.29) is 17.1 Å². The third-order valence-electron chi connectivity index (χ3n) is 5.12. The number of nitrogens with zero attached hydrogens (tertiary/aromatic N) is 3. The number of hydrogen-bond acceptors (Lipinski definition) is 6. The van der Waals surface area contributed by atoms with Gasteiger partial charge in [-0.3, -0.25) is 4.79 Å². The second kappa shape index (κ2) is 10.3. The molecule has 36 heavy (non-hydrogen) atoms. The predicted molar refractivity (Wildman–Crippen MR) is 148 cm³/mol. The highest BCUT2D eigenvalue weighted by Gasteiger charge is 2.17. The molecule has 0 atom stereocenters. The molecule has 0 unspecified atom stereocenters. The van der Waals surface area contributed by atoms with E-state index >= 15 is 0 Å². The summed E-state index contributed by atoms with van der Waals surface area (Å²) in [6, 6.07) is 20.7. The van der Waals surface area contributed by atoms with Crippen molar-refractivity contribution in [3.05, 3.63) is 114 Å². The molecule has 0 aliphatic rings. The van der Waals surface area contributed by atoms with Gasteiger partial charge in [-0.15, -0.1) is 0 Å². The van der Waals surface area contributed by atoms with Gasteiger partial charge in [0.15, 0.2) is 11.5 Å². The number of rotatable bonds is 5. The summed E-state index contributed by atoms with van der Waals surface area (Å²) in [6.45, 7) is 0. The minimum absolute atomic E-state index is 0.238. The molecule has 178 valence electrons. The van der Waals surface area contributed by atoms with Crippen LogP contribution in [0.15, 0.2) is 107 Å². The Balaban J connectivity index is 1.60. The fraction of sp³-hybridized carbons (Fsp3) is 0. The molecular formula is C26H14Br3N3O4. The van der Waals surface area contributed by atoms with Crippen LogP contribution in [0.25, 0.3) is 22.5 Å². The van der Waals surface area contributed by atoms with Gasteiger partial charge in [-0.1, -0.05) is 44.0 Å². The number of furan rings is 1. The summed E-state index contributed by atoms with van der Waals surface area (Å²) in [5, 5.41) is 4.84. The van der Waals surface area contributed by atoms with Crippen LogP contribution < -0.4 is 10.3 Å². The maximum atomic E-state index is 13.3. The largest absolute Gasteiger partial charge is 0.461 e. The van der Waals surface area contributed by atoms with Gasteiger partial charge < -0.3 is 9.15 Å². The first-order valence-corrected chi connectivity index (χ1v) is 12.9. The minimum atomic E-state index is -0.541. The third kappa shape index (κ3) is 4.97. The molecule has 0 aliphatic carbocycles. The summed E-state index contributed by atoms with van der Waals surface area (Å²) >= 11 is 10.3. The monoisotopic (exact) mass is 669 g/mol. The Morgan fingerprint density at radius 1 is 0.972 bits per heavy atom. The molecule has 0 fully saturated rings. The van der Waals surface area contributed by atoms with Crippen LogP contribution in [-0.2, 0) is 0 Å². The molecule has 10 heteroatoms. The maximum Gasteiger partial charge on any atom is 0.343 e. The van der Waals surface area contributed by atoms with Crippen molar-refractivity contribution in [3.8, 4) is 17.3 Å². The van der Waals surface area contributed by atoms with E-state index in [0.29, 0.717) is 32.3 Å². The van der Waals surface area contributed by atoms with Crippen LogP contribution in [0.5, 0.6) is 5.75 Å². The molecule has 0 aliphatic heterocycles. The lowest BCUT2D eigenvalue weighted by molar-refractivity contribution is 0.0733. The van der Waals surface area contributed by atoms with Crippen LogP contribution >= 0.6 is 47.8 Å². The Bertz CT molecular complexity index is 1680. The van der Waals surface area contributed by atoms with E-state index in [4.69, 9.17) is 9.15 Å². The quantitative estimate of drug-likeness (QED) is 0.114. The van der Waals surface area contributed by atoms with Gasteiger partial charge in [0, 0.05) is 14.5 Å². The Kier molecular flexibility index (Phi) is 6.99. The zero-order valence-corrected chi connectivity index (χ0v) is 22.9. The first kappa shape index (κ1) is 24.4. The van der Waals surface area contributed by atoms with Crippen LogP contribution in [0.3, 0.4) is 0 Å². The molecule has 0 N–H and O–H groups in total. The van der Waals surface area contributed by atoms with Crippen LogP contribution in [-0.4, -0.2) is 21.8 Å². The lowest BCUT2D eigenvalue weighted by Gasteiger charge is -2.11. The number of fused-ring (bicyclic) bond motifs is 1. The van der Waals surface area contributed by atoms with Crippen molar-refractivity contribution in [2.75, 3.05) is 0 Å². The zero-order chi connectivity index (χ0) is 25.2. The fourth-order valence-electron chi connectivity index (χ4n) is 3.44. The molecule has 0 radical (unpaired) electrons. The molecule has 0 bridgehead atoms. The minimum Gasteiger partial charge on any atom is -0.461 e. The van der Waals surface area contributed by atoms with Crippen LogP contribution in [0.2, 0.25) is 0 Å². The van der Waals surface area contributed by atoms with E-state index < -0.39 is 5.97 Å². The first-order valence-electron chi connectivity index (χ1n) is 10.5. The fourth-order valence-corrected chi connectivity index (χ4v) is 5.04. The summed E-state index contributed by atoms with van der Waals surface area (Å²) in [7, 11) is 0. The number of hydrogen-bond donors (Lipinski definition) is 0. The standard InChI is InChI=1S/C26H14Br3N3O4/c27-17-9-7-15(8-10-17)26(34)36-23-16(12-18(28)13-20(23)29)14-30-32-24(22-6-3-11-35-22)31-21-5-2-1-4-19(21)25(32)33/h1-14H. The SMILES string of the molecule is O=C(Oc1c(Br)cc(Br)cc1C=Nn1c(-c2ccco2)nc2ccccc2c1=O)c1ccc(Br)cc1. The number of carbonyl (C=O) groups excluding carboxylic acids is 1. The topological polar surface area (TPSA) is 86.7 Å². The summed E-state index contributed by atoms with van der Waals surface area (Å²) in [4.78, 5) is 30.7. The lowest BCUT2D eigenvalue weighted by atomic mass is 10.2. The average Bonchev–Trinajstić information content (AvgIpc) is 3.40. The van der Waals surface area contributed by atoms with Crippen LogP contribution in [0.4, 0.5) is 0 Å². The van der Waals surface area contributed by atoms with Crippen LogP contribution in [0.1, 0.15) is 15.9 Å². The Labute approximate surface area is 229 Å². The smallest absolute Gasteiger partial charge is 0.343 e. The van der Waals surface area contributed by atoms with Gasteiger partial charge in [-0.05, 0) is 76.6 Å². The highest BCUT2D eigenvalue weighted by atomic mass is 79.9. The summed E-state index contributed by atoms with van der Waals surface area (Å²) in [6.07, 6.45) is 2.93. The molecular weight excluding hydrogens is 658 g/mol. The Hall–Kier alpha value is -3.34. The molecule has 7 nitrogen and oxygen atoms in total.